The lowest BCUT2D eigenvalue weighted by molar-refractivity contribution is 0.0601. The molecule has 1 aliphatic heterocycles. The molecule has 1 aromatic heterocycles. The maximum absolute atomic E-state index is 13.3. The maximum Gasteiger partial charge on any atom is 0.273 e. The van der Waals surface area contributed by atoms with Crippen LogP contribution in [-0.4, -0.2) is 45.4 Å². The second-order valence-corrected chi connectivity index (χ2v) is 7.96. The zero-order chi connectivity index (χ0) is 21.3. The summed E-state index contributed by atoms with van der Waals surface area (Å²) in [7, 11) is 0. The van der Waals surface area contributed by atoms with Crippen LogP contribution in [0.1, 0.15) is 53.5 Å². The lowest BCUT2D eigenvalue weighted by Gasteiger charge is -2.26. The fourth-order valence-corrected chi connectivity index (χ4v) is 3.96. The third-order valence-electron chi connectivity index (χ3n) is 5.41. The molecule has 1 aliphatic rings. The number of amides is 1. The van der Waals surface area contributed by atoms with Gasteiger partial charge in [-0.2, -0.15) is 5.10 Å². The van der Waals surface area contributed by atoms with Gasteiger partial charge in [-0.1, -0.05) is 42.0 Å². The number of aromatic hydroxyl groups is 1. The average molecular weight is 405 g/mol. The van der Waals surface area contributed by atoms with Crippen LogP contribution < -0.4 is 0 Å². The molecule has 0 fully saturated rings. The zero-order valence-electron chi connectivity index (χ0n) is 17.6. The van der Waals surface area contributed by atoms with E-state index in [1.807, 2.05) is 37.8 Å². The number of fused-ring (bicyclic) bond motifs is 1. The molecule has 2 N–H and O–H groups in total. The summed E-state index contributed by atoms with van der Waals surface area (Å²) in [5, 5.41) is 17.7. The molecule has 156 valence electrons. The average Bonchev–Trinajstić information content (AvgIpc) is 3.26. The van der Waals surface area contributed by atoms with Gasteiger partial charge in [0.1, 0.15) is 17.1 Å². The van der Waals surface area contributed by atoms with Gasteiger partial charge in [0.05, 0.1) is 12.1 Å². The summed E-state index contributed by atoms with van der Waals surface area (Å²) in [5.41, 5.74) is 4.72. The van der Waals surface area contributed by atoms with Gasteiger partial charge in [-0.25, -0.2) is 0 Å². The lowest BCUT2D eigenvalue weighted by atomic mass is 9.95. The predicted octanol–water partition coefficient (Wildman–Crippen LogP) is 4.45. The number of carbonyl (C=O) groups excluding carboxylic acids is 1. The van der Waals surface area contributed by atoms with Crippen molar-refractivity contribution in [1.29, 1.82) is 0 Å². The first-order valence-electron chi connectivity index (χ1n) is 10.3. The molecule has 6 heteroatoms. The van der Waals surface area contributed by atoms with Gasteiger partial charge in [0.25, 0.3) is 5.91 Å². The largest absolute Gasteiger partial charge is 0.507 e. The van der Waals surface area contributed by atoms with E-state index < -0.39 is 0 Å². The van der Waals surface area contributed by atoms with Gasteiger partial charge in [-0.3, -0.25) is 9.89 Å². The summed E-state index contributed by atoms with van der Waals surface area (Å²) in [4.78, 5) is 15.1. The Hall–Kier alpha value is -3.12. The number of benzene rings is 2. The molecule has 0 spiro atoms. The first-order valence-corrected chi connectivity index (χ1v) is 10.3. The van der Waals surface area contributed by atoms with Crippen LogP contribution in [0.4, 0.5) is 0 Å². The molecule has 6 nitrogen and oxygen atoms in total. The smallest absolute Gasteiger partial charge is 0.273 e. The van der Waals surface area contributed by atoms with E-state index in [9.17, 15) is 9.90 Å². The third kappa shape index (κ3) is 3.71. The number of hydrogen-bond donors (Lipinski definition) is 2. The Bertz CT molecular complexity index is 1040. The van der Waals surface area contributed by atoms with Crippen molar-refractivity contribution in [2.45, 2.75) is 39.3 Å². The molecule has 30 heavy (non-hydrogen) atoms. The number of hydrogen-bond acceptors (Lipinski definition) is 4. The van der Waals surface area contributed by atoms with E-state index in [-0.39, 0.29) is 23.8 Å². The Morgan fingerprint density at radius 3 is 2.60 bits per heavy atom. The van der Waals surface area contributed by atoms with E-state index >= 15 is 0 Å². The van der Waals surface area contributed by atoms with E-state index in [1.54, 1.807) is 12.1 Å². The number of aryl methyl sites for hydroxylation is 1. The quantitative estimate of drug-likeness (QED) is 0.569. The molecule has 1 atom stereocenters. The van der Waals surface area contributed by atoms with Crippen LogP contribution in [0.2, 0.25) is 0 Å². The Kier molecular flexibility index (Phi) is 5.59. The number of phenolic OH excluding ortho intramolecular Hbond substituents is 1. The van der Waals surface area contributed by atoms with Crippen molar-refractivity contribution in [2.75, 3.05) is 13.2 Å². The van der Waals surface area contributed by atoms with Crippen molar-refractivity contribution in [3.8, 4) is 17.0 Å². The number of carbonyl (C=O) groups is 1. The van der Waals surface area contributed by atoms with Crippen molar-refractivity contribution < 1.29 is 14.6 Å². The fraction of sp³-hybridized carbons (Fsp3) is 0.333. The van der Waals surface area contributed by atoms with Gasteiger partial charge >= 0.3 is 0 Å². The molecular formula is C24H27N3O3. The van der Waals surface area contributed by atoms with Gasteiger partial charge in [-0.05, 0) is 44.9 Å². The number of nitrogens with one attached hydrogen (secondary N) is 1. The molecule has 0 bridgehead atoms. The number of nitrogens with zero attached hydrogens (tertiary/aromatic N) is 2. The molecule has 0 aliphatic carbocycles. The SMILES string of the molecule is Cc1ccc([C@@H]2c3c(-c4ccccc4O)n[nH]c3C(=O)N2CCCOC(C)C)cc1. The van der Waals surface area contributed by atoms with Crippen LogP contribution >= 0.6 is 0 Å². The molecular weight excluding hydrogens is 378 g/mol. The minimum atomic E-state index is -0.263. The summed E-state index contributed by atoms with van der Waals surface area (Å²) in [6, 6.07) is 15.0. The maximum atomic E-state index is 13.3. The van der Waals surface area contributed by atoms with Crippen LogP contribution in [-0.2, 0) is 4.74 Å². The molecule has 3 aromatic rings. The van der Waals surface area contributed by atoms with Crippen LogP contribution in [0.5, 0.6) is 5.75 Å². The molecule has 0 saturated carbocycles. The number of ether oxygens (including phenoxy) is 1. The zero-order valence-corrected chi connectivity index (χ0v) is 17.6. The molecule has 1 amide bonds. The van der Waals surface area contributed by atoms with E-state index in [0.29, 0.717) is 30.1 Å². The molecule has 0 unspecified atom stereocenters. The minimum absolute atomic E-state index is 0.0747. The normalized spacial score (nSPS) is 15.8. The summed E-state index contributed by atoms with van der Waals surface area (Å²) in [5.74, 6) is 0.0694. The van der Waals surface area contributed by atoms with Gasteiger partial charge in [0, 0.05) is 24.3 Å². The van der Waals surface area contributed by atoms with Gasteiger partial charge in [0.15, 0.2) is 0 Å². The summed E-state index contributed by atoms with van der Waals surface area (Å²) >= 11 is 0. The van der Waals surface area contributed by atoms with Crippen molar-refractivity contribution >= 4 is 5.91 Å². The van der Waals surface area contributed by atoms with Crippen molar-refractivity contribution in [3.05, 3.63) is 70.9 Å². The monoisotopic (exact) mass is 405 g/mol. The molecule has 0 radical (unpaired) electrons. The van der Waals surface area contributed by atoms with Crippen molar-refractivity contribution in [2.24, 2.45) is 0 Å². The van der Waals surface area contributed by atoms with Crippen LogP contribution in [0.25, 0.3) is 11.3 Å². The topological polar surface area (TPSA) is 78.5 Å². The Balaban J connectivity index is 1.74. The molecule has 2 heterocycles. The van der Waals surface area contributed by atoms with Gasteiger partial charge in [-0.15, -0.1) is 0 Å². The first-order chi connectivity index (χ1) is 14.5. The highest BCUT2D eigenvalue weighted by molar-refractivity contribution is 6.00. The summed E-state index contributed by atoms with van der Waals surface area (Å²) < 4.78 is 5.67. The second-order valence-electron chi connectivity index (χ2n) is 7.96. The standard InChI is InChI=1S/C24H27N3O3/c1-15(2)30-14-6-13-27-23(17-11-9-16(3)10-12-17)20-21(25-26-22(20)24(27)29)18-7-4-5-8-19(18)28/h4-5,7-12,15,23,28H,6,13-14H2,1-3H3,(H,25,26)/t23-/m1/s1. The highest BCUT2D eigenvalue weighted by Gasteiger charge is 2.42. The Morgan fingerprint density at radius 1 is 1.17 bits per heavy atom. The van der Waals surface area contributed by atoms with Crippen molar-refractivity contribution in [1.82, 2.24) is 15.1 Å². The highest BCUT2D eigenvalue weighted by atomic mass is 16.5. The van der Waals surface area contributed by atoms with E-state index in [1.165, 1.54) is 0 Å². The van der Waals surface area contributed by atoms with Crippen molar-refractivity contribution in [3.63, 3.8) is 0 Å². The van der Waals surface area contributed by atoms with Crippen LogP contribution in [0, 0.1) is 6.92 Å². The van der Waals surface area contributed by atoms with E-state index in [4.69, 9.17) is 4.74 Å². The van der Waals surface area contributed by atoms with Gasteiger partial charge < -0.3 is 14.7 Å². The molecule has 4 rings (SSSR count). The summed E-state index contributed by atoms with van der Waals surface area (Å²) in [6.45, 7) is 7.23. The van der Waals surface area contributed by atoms with E-state index in [0.717, 1.165) is 23.1 Å². The lowest BCUT2D eigenvalue weighted by Crippen LogP contribution is -2.31. The first kappa shape index (κ1) is 20.2. The number of H-pyrrole nitrogens is 1. The number of aromatic amines is 1. The Labute approximate surface area is 176 Å². The second kappa shape index (κ2) is 8.32. The summed E-state index contributed by atoms with van der Waals surface area (Å²) in [6.07, 6.45) is 0.910. The molecule has 2 aromatic carbocycles. The fourth-order valence-electron chi connectivity index (χ4n) is 3.96. The number of para-hydroxylation sites is 1. The van der Waals surface area contributed by atoms with E-state index in [2.05, 4.69) is 34.5 Å². The Morgan fingerprint density at radius 2 is 1.90 bits per heavy atom. The number of phenols is 1. The van der Waals surface area contributed by atoms with Crippen LogP contribution in [0.15, 0.2) is 48.5 Å². The number of rotatable bonds is 7. The minimum Gasteiger partial charge on any atom is -0.507 e. The third-order valence-corrected chi connectivity index (χ3v) is 5.41. The van der Waals surface area contributed by atoms with Gasteiger partial charge in [0.2, 0.25) is 0 Å². The highest BCUT2D eigenvalue weighted by Crippen LogP contribution is 2.44. The predicted molar refractivity (Wildman–Crippen MR) is 115 cm³/mol. The number of aromatic nitrogens is 2. The van der Waals surface area contributed by atoms with Crippen LogP contribution in [0.3, 0.4) is 0 Å². The molecule has 0 saturated heterocycles.